The summed E-state index contributed by atoms with van der Waals surface area (Å²) < 4.78 is 5.66. The van der Waals surface area contributed by atoms with Crippen molar-refractivity contribution in [3.8, 4) is 5.75 Å². The van der Waals surface area contributed by atoms with Gasteiger partial charge in [0.05, 0.1) is 0 Å². The summed E-state index contributed by atoms with van der Waals surface area (Å²) >= 11 is 0. The molecule has 0 saturated heterocycles. The van der Waals surface area contributed by atoms with Crippen molar-refractivity contribution in [1.82, 2.24) is 0 Å². The first kappa shape index (κ1) is 15.3. The maximum atomic E-state index is 10.4. The van der Waals surface area contributed by atoms with Crippen molar-refractivity contribution in [3.05, 3.63) is 41.5 Å². The number of rotatable bonds is 5. The third kappa shape index (κ3) is 4.78. The standard InChI is InChI=1S/C16H22O3/c1-5-12-8-9-14(13(11-12)16(2,3)4)19-10-6-7-15(17)18/h6-9,11H,5,10H2,1-4H3,(H,17,18)/b7-6+. The van der Waals surface area contributed by atoms with Crippen LogP contribution in [0, 0.1) is 0 Å². The quantitative estimate of drug-likeness (QED) is 0.825. The lowest BCUT2D eigenvalue weighted by molar-refractivity contribution is -0.131. The summed E-state index contributed by atoms with van der Waals surface area (Å²) in [5, 5.41) is 8.52. The zero-order valence-electron chi connectivity index (χ0n) is 12.1. The highest BCUT2D eigenvalue weighted by molar-refractivity contribution is 5.79. The zero-order chi connectivity index (χ0) is 14.5. The van der Waals surface area contributed by atoms with Gasteiger partial charge in [-0.15, -0.1) is 0 Å². The van der Waals surface area contributed by atoms with Crippen LogP contribution < -0.4 is 4.74 Å². The molecule has 0 aromatic heterocycles. The Bertz CT molecular complexity index is 467. The van der Waals surface area contributed by atoms with Gasteiger partial charge in [-0.1, -0.05) is 39.8 Å². The number of benzene rings is 1. The maximum absolute atomic E-state index is 10.4. The summed E-state index contributed by atoms with van der Waals surface area (Å²) in [5.74, 6) is -0.138. The van der Waals surface area contributed by atoms with E-state index < -0.39 is 5.97 Å². The molecular weight excluding hydrogens is 240 g/mol. The Hall–Kier alpha value is -1.77. The summed E-state index contributed by atoms with van der Waals surface area (Å²) in [6.07, 6.45) is 3.59. The van der Waals surface area contributed by atoms with Crippen molar-refractivity contribution < 1.29 is 14.6 Å². The molecule has 3 nitrogen and oxygen atoms in total. The molecule has 3 heteroatoms. The number of aryl methyl sites for hydroxylation is 1. The van der Waals surface area contributed by atoms with Crippen LogP contribution in [0.3, 0.4) is 0 Å². The molecule has 1 rings (SSSR count). The Morgan fingerprint density at radius 2 is 2.05 bits per heavy atom. The second-order valence-electron chi connectivity index (χ2n) is 5.49. The molecule has 0 spiro atoms. The first-order valence-electron chi connectivity index (χ1n) is 6.50. The van der Waals surface area contributed by atoms with Gasteiger partial charge in [0, 0.05) is 6.08 Å². The van der Waals surface area contributed by atoms with Gasteiger partial charge in [-0.3, -0.25) is 0 Å². The van der Waals surface area contributed by atoms with Gasteiger partial charge < -0.3 is 9.84 Å². The van der Waals surface area contributed by atoms with Crippen LogP contribution in [0.25, 0.3) is 0 Å². The monoisotopic (exact) mass is 262 g/mol. The average Bonchev–Trinajstić information content (AvgIpc) is 2.33. The van der Waals surface area contributed by atoms with Gasteiger partial charge in [-0.2, -0.15) is 0 Å². The van der Waals surface area contributed by atoms with Crippen molar-refractivity contribution in [2.45, 2.75) is 39.5 Å². The van der Waals surface area contributed by atoms with Crippen LogP contribution >= 0.6 is 0 Å². The topological polar surface area (TPSA) is 46.5 Å². The summed E-state index contributed by atoms with van der Waals surface area (Å²) in [4.78, 5) is 10.4. The Morgan fingerprint density at radius 1 is 1.37 bits per heavy atom. The lowest BCUT2D eigenvalue weighted by Gasteiger charge is -2.23. The van der Waals surface area contributed by atoms with Crippen LogP contribution in [0.15, 0.2) is 30.4 Å². The number of ether oxygens (including phenoxy) is 1. The van der Waals surface area contributed by atoms with E-state index in [9.17, 15) is 4.79 Å². The predicted octanol–water partition coefficient (Wildman–Crippen LogP) is 3.57. The molecule has 0 heterocycles. The Balaban J connectivity index is 2.91. The fourth-order valence-corrected chi connectivity index (χ4v) is 1.80. The number of carbonyl (C=O) groups is 1. The van der Waals surface area contributed by atoms with Gasteiger partial charge in [0.2, 0.25) is 0 Å². The van der Waals surface area contributed by atoms with E-state index in [1.54, 1.807) is 0 Å². The normalized spacial score (nSPS) is 11.8. The third-order valence-corrected chi connectivity index (χ3v) is 2.86. The van der Waals surface area contributed by atoms with E-state index in [-0.39, 0.29) is 12.0 Å². The summed E-state index contributed by atoms with van der Waals surface area (Å²) in [6.45, 7) is 8.81. The van der Waals surface area contributed by atoms with Crippen molar-refractivity contribution in [2.24, 2.45) is 0 Å². The molecule has 0 amide bonds. The smallest absolute Gasteiger partial charge is 0.328 e. The van der Waals surface area contributed by atoms with Crippen molar-refractivity contribution >= 4 is 5.97 Å². The third-order valence-electron chi connectivity index (χ3n) is 2.86. The minimum absolute atomic E-state index is 0.00295. The van der Waals surface area contributed by atoms with Gasteiger partial charge in [0.15, 0.2) is 0 Å². The van der Waals surface area contributed by atoms with E-state index in [0.29, 0.717) is 0 Å². The molecule has 0 fully saturated rings. The van der Waals surface area contributed by atoms with Gasteiger partial charge in [0.25, 0.3) is 0 Å². The molecule has 0 aliphatic rings. The molecule has 0 atom stereocenters. The highest BCUT2D eigenvalue weighted by atomic mass is 16.5. The molecule has 0 radical (unpaired) electrons. The van der Waals surface area contributed by atoms with Gasteiger partial charge >= 0.3 is 5.97 Å². The van der Waals surface area contributed by atoms with E-state index in [0.717, 1.165) is 23.8 Å². The largest absolute Gasteiger partial charge is 0.489 e. The predicted molar refractivity (Wildman–Crippen MR) is 76.8 cm³/mol. The highest BCUT2D eigenvalue weighted by Gasteiger charge is 2.19. The Morgan fingerprint density at radius 3 is 2.58 bits per heavy atom. The number of carboxylic acid groups (broad SMARTS) is 1. The fourth-order valence-electron chi connectivity index (χ4n) is 1.80. The number of aliphatic carboxylic acids is 1. The fraction of sp³-hybridized carbons (Fsp3) is 0.438. The van der Waals surface area contributed by atoms with Crippen molar-refractivity contribution in [2.75, 3.05) is 6.61 Å². The molecule has 1 aromatic rings. The second kappa shape index (κ2) is 6.41. The maximum Gasteiger partial charge on any atom is 0.328 e. The van der Waals surface area contributed by atoms with Gasteiger partial charge in [-0.05, 0) is 35.1 Å². The van der Waals surface area contributed by atoms with Gasteiger partial charge in [-0.25, -0.2) is 4.79 Å². The van der Waals surface area contributed by atoms with Crippen molar-refractivity contribution in [1.29, 1.82) is 0 Å². The Labute approximate surface area is 114 Å². The van der Waals surface area contributed by atoms with Crippen LogP contribution in [0.4, 0.5) is 0 Å². The summed E-state index contributed by atoms with van der Waals surface area (Å²) in [7, 11) is 0. The van der Waals surface area contributed by atoms with Crippen LogP contribution in [0.2, 0.25) is 0 Å². The molecule has 0 unspecified atom stereocenters. The van der Waals surface area contributed by atoms with Gasteiger partial charge in [0.1, 0.15) is 12.4 Å². The first-order chi connectivity index (χ1) is 8.84. The molecule has 0 saturated carbocycles. The first-order valence-corrected chi connectivity index (χ1v) is 6.50. The second-order valence-corrected chi connectivity index (χ2v) is 5.49. The molecule has 19 heavy (non-hydrogen) atoms. The molecule has 0 aliphatic carbocycles. The minimum atomic E-state index is -0.957. The van der Waals surface area contributed by atoms with Crippen molar-refractivity contribution in [3.63, 3.8) is 0 Å². The lowest BCUT2D eigenvalue weighted by atomic mass is 9.85. The van der Waals surface area contributed by atoms with Crippen LogP contribution in [-0.4, -0.2) is 17.7 Å². The zero-order valence-corrected chi connectivity index (χ0v) is 12.1. The molecule has 104 valence electrons. The molecule has 1 aromatic carbocycles. The highest BCUT2D eigenvalue weighted by Crippen LogP contribution is 2.32. The van der Waals surface area contributed by atoms with E-state index in [1.807, 2.05) is 12.1 Å². The van der Waals surface area contributed by atoms with E-state index >= 15 is 0 Å². The average molecular weight is 262 g/mol. The van der Waals surface area contributed by atoms with E-state index in [2.05, 4.69) is 33.8 Å². The lowest BCUT2D eigenvalue weighted by Crippen LogP contribution is -2.14. The summed E-state index contributed by atoms with van der Waals surface area (Å²) in [6, 6.07) is 6.18. The Kier molecular flexibility index (Phi) is 5.16. The number of hydrogen-bond acceptors (Lipinski definition) is 2. The molecule has 0 bridgehead atoms. The molecule has 1 N–H and O–H groups in total. The van der Waals surface area contributed by atoms with Crippen LogP contribution in [-0.2, 0) is 16.6 Å². The SMILES string of the molecule is CCc1ccc(OC/C=C/C(=O)O)c(C(C)(C)C)c1. The minimum Gasteiger partial charge on any atom is -0.489 e. The van der Waals surface area contributed by atoms with E-state index in [1.165, 1.54) is 11.6 Å². The molecular formula is C16H22O3. The van der Waals surface area contributed by atoms with Crippen LogP contribution in [0.1, 0.15) is 38.8 Å². The van der Waals surface area contributed by atoms with E-state index in [4.69, 9.17) is 9.84 Å². The summed E-state index contributed by atoms with van der Waals surface area (Å²) in [5.41, 5.74) is 2.42. The van der Waals surface area contributed by atoms with Crippen LogP contribution in [0.5, 0.6) is 5.75 Å². The number of carboxylic acids is 1. The molecule has 0 aliphatic heterocycles. The number of hydrogen-bond donors (Lipinski definition) is 1.